The Morgan fingerprint density at radius 2 is 1.64 bits per heavy atom. The maximum atomic E-state index is 12.3. The highest BCUT2D eigenvalue weighted by Crippen LogP contribution is 2.15. The van der Waals surface area contributed by atoms with Gasteiger partial charge >= 0.3 is 0 Å². The van der Waals surface area contributed by atoms with Crippen LogP contribution in [-0.2, 0) is 0 Å². The third kappa shape index (κ3) is 5.06. The van der Waals surface area contributed by atoms with E-state index < -0.39 is 0 Å². The van der Waals surface area contributed by atoms with Crippen molar-refractivity contribution in [2.75, 3.05) is 44.9 Å². The first kappa shape index (κ1) is 18.5. The summed E-state index contributed by atoms with van der Waals surface area (Å²) in [6, 6.07) is 14.4. The normalized spacial score (nSPS) is 11.6. The standard InChI is InChI=1S/C19H25N5O/c1-23(2)12-13-24(3)15-10-8-14(9-11-15)19(25)22-18(21)16-6-4-5-7-17(16)20/h4-11H,12-13,20H2,1-3H3,(H2,21,22,25). The summed E-state index contributed by atoms with van der Waals surface area (Å²) < 4.78 is 0. The number of aliphatic imine (C=N–C) groups is 1. The lowest BCUT2D eigenvalue weighted by molar-refractivity contribution is 0.100. The largest absolute Gasteiger partial charge is 0.398 e. The molecule has 132 valence electrons. The summed E-state index contributed by atoms with van der Waals surface area (Å²) in [5.74, 6) is -0.265. The van der Waals surface area contributed by atoms with Crippen molar-refractivity contribution in [2.24, 2.45) is 10.7 Å². The van der Waals surface area contributed by atoms with Gasteiger partial charge in [-0.05, 0) is 50.5 Å². The number of benzene rings is 2. The van der Waals surface area contributed by atoms with Crippen LogP contribution in [0, 0.1) is 0 Å². The van der Waals surface area contributed by atoms with Crippen LogP contribution >= 0.6 is 0 Å². The minimum Gasteiger partial charge on any atom is -0.398 e. The van der Waals surface area contributed by atoms with Crippen molar-refractivity contribution in [3.8, 4) is 0 Å². The molecule has 0 aromatic heterocycles. The second-order valence-corrected chi connectivity index (χ2v) is 6.16. The Hall–Kier alpha value is -2.86. The summed E-state index contributed by atoms with van der Waals surface area (Å²) in [6.07, 6.45) is 0. The second-order valence-electron chi connectivity index (χ2n) is 6.16. The van der Waals surface area contributed by atoms with Gasteiger partial charge in [-0.1, -0.05) is 12.1 Å². The second kappa shape index (κ2) is 8.30. The summed E-state index contributed by atoms with van der Waals surface area (Å²) in [6.45, 7) is 1.86. The number of amides is 1. The van der Waals surface area contributed by atoms with Crippen LogP contribution < -0.4 is 16.4 Å². The molecule has 0 radical (unpaired) electrons. The smallest absolute Gasteiger partial charge is 0.278 e. The molecule has 25 heavy (non-hydrogen) atoms. The van der Waals surface area contributed by atoms with Gasteiger partial charge in [0.05, 0.1) is 0 Å². The Kier molecular flexibility index (Phi) is 6.14. The van der Waals surface area contributed by atoms with Crippen LogP contribution in [0.4, 0.5) is 11.4 Å². The van der Waals surface area contributed by atoms with Crippen molar-refractivity contribution in [3.05, 3.63) is 59.7 Å². The van der Waals surface area contributed by atoms with Gasteiger partial charge in [-0.3, -0.25) is 4.79 Å². The van der Waals surface area contributed by atoms with Crippen molar-refractivity contribution in [2.45, 2.75) is 0 Å². The summed E-state index contributed by atoms with van der Waals surface area (Å²) in [7, 11) is 6.10. The predicted octanol–water partition coefficient (Wildman–Crippen LogP) is 1.81. The number of nitrogens with zero attached hydrogens (tertiary/aromatic N) is 3. The van der Waals surface area contributed by atoms with Crippen LogP contribution in [0.15, 0.2) is 53.5 Å². The summed E-state index contributed by atoms with van der Waals surface area (Å²) in [5, 5.41) is 0. The quantitative estimate of drug-likeness (QED) is 0.476. The number of nitrogens with two attached hydrogens (primary N) is 2. The number of hydrogen-bond acceptors (Lipinski definition) is 4. The summed E-state index contributed by atoms with van der Waals surface area (Å²) >= 11 is 0. The Bertz CT molecular complexity index is 753. The van der Waals surface area contributed by atoms with Crippen LogP contribution in [0.2, 0.25) is 0 Å². The minimum atomic E-state index is -0.386. The van der Waals surface area contributed by atoms with Gasteiger partial charge in [0.1, 0.15) is 5.84 Å². The average molecular weight is 339 g/mol. The number of rotatable bonds is 6. The first-order valence-electron chi connectivity index (χ1n) is 8.08. The first-order chi connectivity index (χ1) is 11.9. The van der Waals surface area contributed by atoms with Crippen LogP contribution in [0.25, 0.3) is 0 Å². The van der Waals surface area contributed by atoms with Crippen molar-refractivity contribution < 1.29 is 4.79 Å². The molecule has 2 aromatic rings. The van der Waals surface area contributed by atoms with Crippen LogP contribution in [0.3, 0.4) is 0 Å². The fourth-order valence-electron chi connectivity index (χ4n) is 2.30. The third-order valence-corrected chi connectivity index (χ3v) is 3.90. The number of anilines is 2. The molecule has 0 unspecified atom stereocenters. The number of likely N-dealkylation sites (N-methyl/N-ethyl adjacent to an activating group) is 2. The first-order valence-corrected chi connectivity index (χ1v) is 8.08. The Labute approximate surface area is 148 Å². The van der Waals surface area contributed by atoms with E-state index in [2.05, 4.69) is 14.8 Å². The number of hydrogen-bond donors (Lipinski definition) is 2. The van der Waals surface area contributed by atoms with E-state index in [4.69, 9.17) is 11.5 Å². The van der Waals surface area contributed by atoms with E-state index in [1.54, 1.807) is 36.4 Å². The zero-order valence-electron chi connectivity index (χ0n) is 14.9. The Balaban J connectivity index is 2.10. The number of carbonyl (C=O) groups is 1. The molecule has 0 saturated heterocycles. The number of amidine groups is 1. The minimum absolute atomic E-state index is 0.121. The molecule has 0 saturated carbocycles. The van der Waals surface area contributed by atoms with E-state index >= 15 is 0 Å². The Morgan fingerprint density at radius 1 is 1.00 bits per heavy atom. The lowest BCUT2D eigenvalue weighted by atomic mass is 10.1. The van der Waals surface area contributed by atoms with E-state index in [0.717, 1.165) is 18.8 Å². The average Bonchev–Trinajstić information content (AvgIpc) is 2.60. The van der Waals surface area contributed by atoms with Crippen molar-refractivity contribution >= 4 is 23.1 Å². The molecule has 0 atom stereocenters. The van der Waals surface area contributed by atoms with Crippen LogP contribution in [-0.4, -0.2) is 50.9 Å². The molecule has 4 N–H and O–H groups in total. The van der Waals surface area contributed by atoms with E-state index in [1.165, 1.54) is 0 Å². The fraction of sp³-hybridized carbons (Fsp3) is 0.263. The van der Waals surface area contributed by atoms with E-state index in [-0.39, 0.29) is 11.7 Å². The highest BCUT2D eigenvalue weighted by molar-refractivity contribution is 6.10. The van der Waals surface area contributed by atoms with E-state index in [9.17, 15) is 4.79 Å². The van der Waals surface area contributed by atoms with Crippen LogP contribution in [0.1, 0.15) is 15.9 Å². The number of para-hydroxylation sites is 1. The molecular formula is C19H25N5O. The van der Waals surface area contributed by atoms with Gasteiger partial charge in [0.2, 0.25) is 0 Å². The lowest BCUT2D eigenvalue weighted by Crippen LogP contribution is -2.28. The van der Waals surface area contributed by atoms with E-state index in [1.807, 2.05) is 33.3 Å². The van der Waals surface area contributed by atoms with Gasteiger partial charge in [0, 0.05) is 42.6 Å². The van der Waals surface area contributed by atoms with Crippen molar-refractivity contribution in [3.63, 3.8) is 0 Å². The number of carbonyl (C=O) groups excluding carboxylic acids is 1. The third-order valence-electron chi connectivity index (χ3n) is 3.90. The number of nitrogen functional groups attached to an aromatic ring is 1. The molecule has 0 bridgehead atoms. The molecule has 0 fully saturated rings. The molecule has 2 aromatic carbocycles. The molecule has 6 heteroatoms. The SMILES string of the molecule is CN(C)CCN(C)c1ccc(C(=O)N=C(N)c2ccccc2N)cc1. The lowest BCUT2D eigenvalue weighted by Gasteiger charge is -2.21. The molecule has 6 nitrogen and oxygen atoms in total. The molecule has 0 aliphatic heterocycles. The van der Waals surface area contributed by atoms with Gasteiger partial charge in [-0.15, -0.1) is 0 Å². The topological polar surface area (TPSA) is 87.9 Å². The monoisotopic (exact) mass is 339 g/mol. The highest BCUT2D eigenvalue weighted by atomic mass is 16.1. The highest BCUT2D eigenvalue weighted by Gasteiger charge is 2.09. The summed E-state index contributed by atoms with van der Waals surface area (Å²) in [5.41, 5.74) is 14.4. The van der Waals surface area contributed by atoms with Gasteiger partial charge in [0.15, 0.2) is 0 Å². The zero-order valence-corrected chi connectivity index (χ0v) is 14.9. The van der Waals surface area contributed by atoms with Crippen molar-refractivity contribution in [1.82, 2.24) is 4.90 Å². The molecule has 0 spiro atoms. The fourth-order valence-corrected chi connectivity index (χ4v) is 2.30. The Morgan fingerprint density at radius 3 is 2.24 bits per heavy atom. The molecule has 0 heterocycles. The molecular weight excluding hydrogens is 314 g/mol. The molecule has 1 amide bonds. The van der Waals surface area contributed by atoms with Gasteiger partial charge in [-0.25, -0.2) is 0 Å². The predicted molar refractivity (Wildman–Crippen MR) is 104 cm³/mol. The van der Waals surface area contributed by atoms with Crippen LogP contribution in [0.5, 0.6) is 0 Å². The maximum absolute atomic E-state index is 12.3. The zero-order chi connectivity index (χ0) is 18.4. The van der Waals surface area contributed by atoms with Gasteiger partial charge < -0.3 is 21.3 Å². The maximum Gasteiger partial charge on any atom is 0.278 e. The molecule has 2 rings (SSSR count). The van der Waals surface area contributed by atoms with Crippen molar-refractivity contribution in [1.29, 1.82) is 0 Å². The summed E-state index contributed by atoms with van der Waals surface area (Å²) in [4.78, 5) is 20.5. The van der Waals surface area contributed by atoms with Gasteiger partial charge in [-0.2, -0.15) is 4.99 Å². The molecule has 0 aliphatic rings. The van der Waals surface area contributed by atoms with E-state index in [0.29, 0.717) is 16.8 Å². The van der Waals surface area contributed by atoms with Gasteiger partial charge in [0.25, 0.3) is 5.91 Å². The molecule has 0 aliphatic carbocycles.